The van der Waals surface area contributed by atoms with E-state index in [2.05, 4.69) is 0 Å². The molecule has 156 valence electrons. The third-order valence-electron chi connectivity index (χ3n) is 5.94. The van der Waals surface area contributed by atoms with E-state index in [1.807, 2.05) is 0 Å². The molecular weight excluding hydrogens is 436 g/mol. The first-order valence-corrected chi connectivity index (χ1v) is 12.6. The molecule has 3 aromatic rings. The minimum atomic E-state index is -4.21. The normalized spacial score (nSPS) is 23.9. The molecular formula is C23H16O6S2. The molecule has 6 nitrogen and oxygen atoms in total. The fourth-order valence-electron chi connectivity index (χ4n) is 4.59. The van der Waals surface area contributed by atoms with Gasteiger partial charge >= 0.3 is 0 Å². The van der Waals surface area contributed by atoms with Crippen molar-refractivity contribution in [3.05, 3.63) is 95.6 Å². The van der Waals surface area contributed by atoms with Crippen LogP contribution in [0.25, 0.3) is 0 Å². The lowest BCUT2D eigenvalue weighted by Crippen LogP contribution is -2.42. The zero-order chi connectivity index (χ0) is 22.0. The first kappa shape index (κ1) is 19.8. The van der Waals surface area contributed by atoms with Gasteiger partial charge in [-0.2, -0.15) is 0 Å². The predicted molar refractivity (Wildman–Crippen MR) is 113 cm³/mol. The molecule has 0 aliphatic carbocycles. The Kier molecular flexibility index (Phi) is 4.29. The summed E-state index contributed by atoms with van der Waals surface area (Å²) >= 11 is 0. The van der Waals surface area contributed by atoms with E-state index >= 15 is 0 Å². The van der Waals surface area contributed by atoms with E-state index in [1.165, 1.54) is 36.4 Å². The molecule has 0 saturated heterocycles. The summed E-state index contributed by atoms with van der Waals surface area (Å²) in [6.45, 7) is 0. The molecule has 8 heteroatoms. The Morgan fingerprint density at radius 3 is 1.35 bits per heavy atom. The second-order valence-corrected chi connectivity index (χ2v) is 11.7. The number of fused-ring (bicyclic) bond motifs is 2. The molecule has 0 fully saturated rings. The van der Waals surface area contributed by atoms with Gasteiger partial charge in [-0.3, -0.25) is 9.59 Å². The van der Waals surface area contributed by atoms with Gasteiger partial charge in [-0.1, -0.05) is 66.7 Å². The summed E-state index contributed by atoms with van der Waals surface area (Å²) < 4.78 is 53.7. The average molecular weight is 453 g/mol. The first-order chi connectivity index (χ1) is 14.8. The lowest BCUT2D eigenvalue weighted by atomic mass is 9.85. The van der Waals surface area contributed by atoms with Gasteiger partial charge < -0.3 is 0 Å². The molecule has 2 aliphatic rings. The highest BCUT2D eigenvalue weighted by atomic mass is 32.2. The van der Waals surface area contributed by atoms with E-state index in [9.17, 15) is 26.4 Å². The molecule has 2 aliphatic heterocycles. The van der Waals surface area contributed by atoms with Crippen LogP contribution in [-0.2, 0) is 19.7 Å². The second kappa shape index (κ2) is 6.70. The summed E-state index contributed by atoms with van der Waals surface area (Å²) in [7, 11) is -8.42. The van der Waals surface area contributed by atoms with Gasteiger partial charge in [0.25, 0.3) is 0 Å². The quantitative estimate of drug-likeness (QED) is 0.606. The van der Waals surface area contributed by atoms with Gasteiger partial charge in [0.05, 0.1) is 9.79 Å². The highest BCUT2D eigenvalue weighted by molar-refractivity contribution is 7.94. The van der Waals surface area contributed by atoms with Crippen molar-refractivity contribution >= 4 is 31.2 Å². The van der Waals surface area contributed by atoms with Gasteiger partial charge in [-0.25, -0.2) is 16.8 Å². The minimum absolute atomic E-state index is 0.0220. The van der Waals surface area contributed by atoms with Crippen LogP contribution < -0.4 is 0 Å². The number of ketones is 2. The van der Waals surface area contributed by atoms with E-state index < -0.39 is 47.7 Å². The Hall–Kier alpha value is -3.10. The van der Waals surface area contributed by atoms with Gasteiger partial charge in [-0.05, 0) is 17.7 Å². The van der Waals surface area contributed by atoms with Gasteiger partial charge in [0.1, 0.15) is 10.5 Å². The zero-order valence-corrected chi connectivity index (χ0v) is 17.6. The Bertz CT molecular complexity index is 1360. The highest BCUT2D eigenvalue weighted by Gasteiger charge is 2.58. The topological polar surface area (TPSA) is 102 Å². The lowest BCUT2D eigenvalue weighted by Gasteiger charge is -2.26. The van der Waals surface area contributed by atoms with Gasteiger partial charge in [0.15, 0.2) is 31.2 Å². The Morgan fingerprint density at radius 1 is 0.548 bits per heavy atom. The maximum Gasteiger partial charge on any atom is 0.190 e. The molecule has 0 bridgehead atoms. The molecule has 31 heavy (non-hydrogen) atoms. The first-order valence-electron chi connectivity index (χ1n) is 9.55. The summed E-state index contributed by atoms with van der Waals surface area (Å²) in [5.74, 6) is -2.76. The molecule has 2 unspecified atom stereocenters. The molecule has 2 heterocycles. The molecule has 2 atom stereocenters. The van der Waals surface area contributed by atoms with Gasteiger partial charge in [-0.15, -0.1) is 0 Å². The van der Waals surface area contributed by atoms with E-state index in [0.29, 0.717) is 5.56 Å². The standard InChI is InChI=1S/C23H16O6S2/c24-20-15-10-4-6-12-17(15)30(26,27)22(20)19(14-8-2-1-3-9-14)23-21(25)16-11-5-7-13-18(16)31(23,28)29/h1-13,19,22-23H. The molecule has 0 saturated carbocycles. The van der Waals surface area contributed by atoms with Crippen LogP contribution in [0.2, 0.25) is 0 Å². The van der Waals surface area contributed by atoms with Gasteiger partial charge in [0, 0.05) is 17.0 Å². The van der Waals surface area contributed by atoms with Gasteiger partial charge in [0.2, 0.25) is 0 Å². The highest BCUT2D eigenvalue weighted by Crippen LogP contribution is 2.46. The summed E-state index contributed by atoms with van der Waals surface area (Å²) in [6, 6.07) is 19.7. The average Bonchev–Trinajstić information content (AvgIpc) is 3.10. The number of hydrogen-bond acceptors (Lipinski definition) is 6. The molecule has 5 rings (SSSR count). The zero-order valence-electron chi connectivity index (χ0n) is 16.0. The molecule has 0 N–H and O–H groups in total. The third-order valence-corrected chi connectivity index (χ3v) is 10.2. The maximum atomic E-state index is 13.4. The predicted octanol–water partition coefficient (Wildman–Crippen LogP) is 2.85. The summed E-state index contributed by atoms with van der Waals surface area (Å²) in [6.07, 6.45) is 0. The van der Waals surface area contributed by atoms with Crippen LogP contribution in [-0.4, -0.2) is 38.9 Å². The summed E-state index contributed by atoms with van der Waals surface area (Å²) in [5, 5.41) is -3.41. The van der Waals surface area contributed by atoms with Crippen molar-refractivity contribution in [3.8, 4) is 0 Å². The van der Waals surface area contributed by atoms with Crippen LogP contribution >= 0.6 is 0 Å². The van der Waals surface area contributed by atoms with Crippen molar-refractivity contribution in [1.29, 1.82) is 0 Å². The van der Waals surface area contributed by atoms with Crippen LogP contribution in [0.5, 0.6) is 0 Å². The maximum absolute atomic E-state index is 13.4. The van der Waals surface area contributed by atoms with Crippen molar-refractivity contribution in [2.75, 3.05) is 0 Å². The number of carbonyl (C=O) groups is 2. The van der Waals surface area contributed by atoms with Crippen molar-refractivity contribution < 1.29 is 26.4 Å². The van der Waals surface area contributed by atoms with Crippen molar-refractivity contribution in [2.45, 2.75) is 26.2 Å². The number of benzene rings is 3. The number of Topliss-reactive ketones (excluding diaryl/α,β-unsaturated/α-hetero) is 2. The SMILES string of the molecule is O=C1c2ccccc2S(=O)(=O)C1C(c1ccccc1)C1C(=O)c2ccccc2S1(=O)=O. The molecule has 3 aromatic carbocycles. The van der Waals surface area contributed by atoms with Crippen LogP contribution in [0.3, 0.4) is 0 Å². The number of carbonyl (C=O) groups excluding carboxylic acids is 2. The fraction of sp³-hybridized carbons (Fsp3) is 0.130. The Morgan fingerprint density at radius 2 is 0.935 bits per heavy atom. The summed E-state index contributed by atoms with van der Waals surface area (Å²) in [5.41, 5.74) is 0.356. The van der Waals surface area contributed by atoms with E-state index in [1.54, 1.807) is 42.5 Å². The van der Waals surface area contributed by atoms with Crippen LogP contribution in [0.1, 0.15) is 32.2 Å². The monoisotopic (exact) mass is 452 g/mol. The number of sulfone groups is 2. The van der Waals surface area contributed by atoms with Crippen LogP contribution in [0.15, 0.2) is 88.7 Å². The van der Waals surface area contributed by atoms with E-state index in [-0.39, 0.29) is 20.9 Å². The lowest BCUT2D eigenvalue weighted by molar-refractivity contribution is 0.0956. The Labute approximate surface area is 179 Å². The van der Waals surface area contributed by atoms with Crippen LogP contribution in [0, 0.1) is 0 Å². The smallest absolute Gasteiger partial charge is 0.190 e. The van der Waals surface area contributed by atoms with E-state index in [4.69, 9.17) is 0 Å². The van der Waals surface area contributed by atoms with Crippen LogP contribution in [0.4, 0.5) is 0 Å². The molecule has 0 spiro atoms. The number of hydrogen-bond donors (Lipinski definition) is 0. The van der Waals surface area contributed by atoms with E-state index in [0.717, 1.165) is 0 Å². The van der Waals surface area contributed by atoms with Crippen molar-refractivity contribution in [1.82, 2.24) is 0 Å². The largest absolute Gasteiger partial charge is 0.293 e. The molecule has 0 aromatic heterocycles. The Balaban J connectivity index is 1.77. The third kappa shape index (κ3) is 2.68. The molecule has 0 amide bonds. The minimum Gasteiger partial charge on any atom is -0.293 e. The number of rotatable bonds is 3. The fourth-order valence-corrected chi connectivity index (χ4v) is 8.95. The second-order valence-electron chi connectivity index (χ2n) is 7.59. The van der Waals surface area contributed by atoms with Crippen molar-refractivity contribution in [3.63, 3.8) is 0 Å². The molecule has 0 radical (unpaired) electrons. The summed E-state index contributed by atoms with van der Waals surface area (Å²) in [4.78, 5) is 26.3. The van der Waals surface area contributed by atoms with Crippen molar-refractivity contribution in [2.24, 2.45) is 0 Å².